The van der Waals surface area contributed by atoms with E-state index >= 15 is 0 Å². The average molecular weight is 335 g/mol. The normalized spacial score (nSPS) is 11.8. The fraction of sp³-hybridized carbons (Fsp3) is 0.188. The van der Waals surface area contributed by atoms with Crippen molar-refractivity contribution < 1.29 is 14.8 Å². The Hall–Kier alpha value is -2.44. The highest BCUT2D eigenvalue weighted by molar-refractivity contribution is 6.30. The van der Waals surface area contributed by atoms with Crippen molar-refractivity contribution in [2.75, 3.05) is 6.54 Å². The van der Waals surface area contributed by atoms with Crippen LogP contribution in [0.3, 0.4) is 0 Å². The molecule has 2 rings (SSSR count). The van der Waals surface area contributed by atoms with Crippen molar-refractivity contribution in [1.82, 2.24) is 5.32 Å². The molecule has 1 atom stereocenters. The van der Waals surface area contributed by atoms with E-state index in [-0.39, 0.29) is 17.8 Å². The van der Waals surface area contributed by atoms with Gasteiger partial charge < -0.3 is 10.4 Å². The molecule has 0 fully saturated rings. The summed E-state index contributed by atoms with van der Waals surface area (Å²) in [6.45, 7) is 1.68. The van der Waals surface area contributed by atoms with Crippen molar-refractivity contribution in [3.8, 4) is 0 Å². The molecule has 0 aliphatic rings. The first kappa shape index (κ1) is 16.9. The lowest BCUT2D eigenvalue weighted by molar-refractivity contribution is -0.384. The standard InChI is InChI=1S/C16H15ClN2O4/c1-10-2-7-13(19(22)23)8-14(10)16(21)18-9-15(20)11-3-5-12(17)6-4-11/h2-8,15,20H,9H2,1H3,(H,18,21)/t15-/m0/s1. The Morgan fingerprint density at radius 2 is 1.96 bits per heavy atom. The van der Waals surface area contributed by atoms with Crippen molar-refractivity contribution in [1.29, 1.82) is 0 Å². The molecule has 0 heterocycles. The highest BCUT2D eigenvalue weighted by atomic mass is 35.5. The lowest BCUT2D eigenvalue weighted by Gasteiger charge is -2.13. The lowest BCUT2D eigenvalue weighted by atomic mass is 10.1. The van der Waals surface area contributed by atoms with E-state index in [4.69, 9.17) is 11.6 Å². The first-order valence-electron chi connectivity index (χ1n) is 6.85. The van der Waals surface area contributed by atoms with Gasteiger partial charge in [0.2, 0.25) is 0 Å². The Morgan fingerprint density at radius 1 is 1.30 bits per heavy atom. The maximum atomic E-state index is 12.2. The highest BCUT2D eigenvalue weighted by Gasteiger charge is 2.16. The van der Waals surface area contributed by atoms with Crippen LogP contribution in [-0.2, 0) is 0 Å². The summed E-state index contributed by atoms with van der Waals surface area (Å²) in [5.41, 5.74) is 1.29. The van der Waals surface area contributed by atoms with Gasteiger partial charge in [-0.3, -0.25) is 14.9 Å². The summed E-state index contributed by atoms with van der Waals surface area (Å²) in [5, 5.41) is 24.0. The summed E-state index contributed by atoms with van der Waals surface area (Å²) >= 11 is 5.78. The van der Waals surface area contributed by atoms with Crippen LogP contribution in [0.2, 0.25) is 5.02 Å². The Bertz CT molecular complexity index is 731. The van der Waals surface area contributed by atoms with Crippen LogP contribution in [0.15, 0.2) is 42.5 Å². The molecule has 0 saturated carbocycles. The van der Waals surface area contributed by atoms with Gasteiger partial charge in [0.05, 0.1) is 11.0 Å². The number of carbonyl (C=O) groups is 1. The van der Waals surface area contributed by atoms with E-state index in [9.17, 15) is 20.0 Å². The van der Waals surface area contributed by atoms with Crippen LogP contribution in [-0.4, -0.2) is 22.5 Å². The van der Waals surface area contributed by atoms with E-state index in [1.807, 2.05) is 0 Å². The number of nitrogens with zero attached hydrogens (tertiary/aromatic N) is 1. The van der Waals surface area contributed by atoms with E-state index in [1.165, 1.54) is 18.2 Å². The first-order chi connectivity index (χ1) is 10.9. The zero-order valence-corrected chi connectivity index (χ0v) is 13.1. The second-order valence-corrected chi connectivity index (χ2v) is 5.47. The molecule has 0 aliphatic heterocycles. The van der Waals surface area contributed by atoms with Gasteiger partial charge in [0.15, 0.2) is 0 Å². The Kier molecular flexibility index (Phi) is 5.31. The van der Waals surface area contributed by atoms with Crippen LogP contribution in [0.1, 0.15) is 27.6 Å². The van der Waals surface area contributed by atoms with E-state index in [0.717, 1.165) is 0 Å². The number of rotatable bonds is 5. The van der Waals surface area contributed by atoms with Crippen LogP contribution in [0.5, 0.6) is 0 Å². The number of nitro groups is 1. The molecule has 0 radical (unpaired) electrons. The zero-order chi connectivity index (χ0) is 17.0. The van der Waals surface area contributed by atoms with E-state index in [2.05, 4.69) is 5.32 Å². The fourth-order valence-electron chi connectivity index (χ4n) is 2.06. The number of non-ortho nitro benzene ring substituents is 1. The molecular weight excluding hydrogens is 320 g/mol. The summed E-state index contributed by atoms with van der Waals surface area (Å²) in [7, 11) is 0. The molecule has 0 saturated heterocycles. The van der Waals surface area contributed by atoms with Crippen molar-refractivity contribution in [3.05, 3.63) is 74.3 Å². The van der Waals surface area contributed by atoms with E-state index < -0.39 is 16.9 Å². The maximum Gasteiger partial charge on any atom is 0.270 e. The molecule has 2 N–H and O–H groups in total. The van der Waals surface area contributed by atoms with Crippen LogP contribution in [0, 0.1) is 17.0 Å². The summed E-state index contributed by atoms with van der Waals surface area (Å²) in [6.07, 6.45) is -0.893. The fourth-order valence-corrected chi connectivity index (χ4v) is 2.18. The van der Waals surface area contributed by atoms with Gasteiger partial charge >= 0.3 is 0 Å². The molecule has 6 nitrogen and oxygen atoms in total. The molecule has 23 heavy (non-hydrogen) atoms. The number of aliphatic hydroxyl groups excluding tert-OH is 1. The van der Waals surface area contributed by atoms with Crippen molar-refractivity contribution in [2.45, 2.75) is 13.0 Å². The average Bonchev–Trinajstić information content (AvgIpc) is 2.53. The minimum Gasteiger partial charge on any atom is -0.387 e. The Morgan fingerprint density at radius 3 is 2.57 bits per heavy atom. The maximum absolute atomic E-state index is 12.2. The van der Waals surface area contributed by atoms with E-state index in [1.54, 1.807) is 31.2 Å². The first-order valence-corrected chi connectivity index (χ1v) is 7.23. The van der Waals surface area contributed by atoms with Crippen LogP contribution < -0.4 is 5.32 Å². The zero-order valence-electron chi connectivity index (χ0n) is 12.3. The summed E-state index contributed by atoms with van der Waals surface area (Å²) in [6, 6.07) is 10.7. The number of amides is 1. The number of hydrogen-bond acceptors (Lipinski definition) is 4. The molecule has 1 amide bonds. The quantitative estimate of drug-likeness (QED) is 0.649. The number of nitro benzene ring substituents is 1. The van der Waals surface area contributed by atoms with Gasteiger partial charge in [-0.05, 0) is 30.2 Å². The summed E-state index contributed by atoms with van der Waals surface area (Å²) < 4.78 is 0. The molecule has 0 bridgehead atoms. The number of benzene rings is 2. The molecule has 120 valence electrons. The third-order valence-electron chi connectivity index (χ3n) is 3.39. The third-order valence-corrected chi connectivity index (χ3v) is 3.64. The molecule has 7 heteroatoms. The van der Waals surface area contributed by atoms with Gasteiger partial charge in [-0.1, -0.05) is 29.8 Å². The number of halogens is 1. The van der Waals surface area contributed by atoms with Gasteiger partial charge in [0.1, 0.15) is 0 Å². The Labute approximate surface area is 137 Å². The van der Waals surface area contributed by atoms with Crippen molar-refractivity contribution in [2.24, 2.45) is 0 Å². The number of aliphatic hydroxyl groups is 1. The predicted molar refractivity (Wildman–Crippen MR) is 86.6 cm³/mol. The SMILES string of the molecule is Cc1ccc([N+](=O)[O-])cc1C(=O)NC[C@H](O)c1ccc(Cl)cc1. The van der Waals surface area contributed by atoms with Gasteiger partial charge in [-0.15, -0.1) is 0 Å². The molecule has 0 unspecified atom stereocenters. The molecule has 2 aromatic rings. The lowest BCUT2D eigenvalue weighted by Crippen LogP contribution is -2.29. The van der Waals surface area contributed by atoms with Crippen LogP contribution in [0.4, 0.5) is 5.69 Å². The van der Waals surface area contributed by atoms with E-state index in [0.29, 0.717) is 16.1 Å². The van der Waals surface area contributed by atoms with Crippen LogP contribution in [0.25, 0.3) is 0 Å². The number of nitrogens with one attached hydrogen (secondary N) is 1. The largest absolute Gasteiger partial charge is 0.387 e. The minimum absolute atomic E-state index is 0.0113. The molecule has 0 aliphatic carbocycles. The minimum atomic E-state index is -0.893. The highest BCUT2D eigenvalue weighted by Crippen LogP contribution is 2.18. The van der Waals surface area contributed by atoms with Crippen LogP contribution >= 0.6 is 11.6 Å². The molecular formula is C16H15ClN2O4. The molecule has 0 aromatic heterocycles. The smallest absolute Gasteiger partial charge is 0.270 e. The molecule has 0 spiro atoms. The number of aryl methyl sites for hydroxylation is 1. The second kappa shape index (κ2) is 7.21. The van der Waals surface area contributed by atoms with Gasteiger partial charge in [0, 0.05) is 29.3 Å². The van der Waals surface area contributed by atoms with Crippen molar-refractivity contribution >= 4 is 23.2 Å². The number of carbonyl (C=O) groups excluding carboxylic acids is 1. The van der Waals surface area contributed by atoms with Gasteiger partial charge in [-0.25, -0.2) is 0 Å². The van der Waals surface area contributed by atoms with Gasteiger partial charge in [0.25, 0.3) is 11.6 Å². The number of hydrogen-bond donors (Lipinski definition) is 2. The van der Waals surface area contributed by atoms with Gasteiger partial charge in [-0.2, -0.15) is 0 Å². The summed E-state index contributed by atoms with van der Waals surface area (Å²) in [5.74, 6) is -0.473. The van der Waals surface area contributed by atoms with Crippen molar-refractivity contribution in [3.63, 3.8) is 0 Å². The summed E-state index contributed by atoms with van der Waals surface area (Å²) in [4.78, 5) is 22.4. The Balaban J connectivity index is 2.06. The third kappa shape index (κ3) is 4.28. The topological polar surface area (TPSA) is 92.5 Å². The molecule has 2 aromatic carbocycles. The monoisotopic (exact) mass is 334 g/mol. The second-order valence-electron chi connectivity index (χ2n) is 5.03. The predicted octanol–water partition coefficient (Wildman–Crippen LogP) is 3.02.